The molecule has 68 valence electrons. The molecule has 0 fully saturated rings. The van der Waals surface area contributed by atoms with Gasteiger partial charge in [0.15, 0.2) is 0 Å². The molecule has 0 saturated carbocycles. The van der Waals surface area contributed by atoms with Crippen molar-refractivity contribution in [2.24, 2.45) is 5.73 Å². The van der Waals surface area contributed by atoms with Crippen molar-refractivity contribution in [1.82, 2.24) is 5.32 Å². The molecule has 12 heavy (non-hydrogen) atoms. The molecule has 0 radical (unpaired) electrons. The maximum absolute atomic E-state index is 11.0. The van der Waals surface area contributed by atoms with Gasteiger partial charge in [0.05, 0.1) is 0 Å². The Labute approximate surface area is 73.7 Å². The van der Waals surface area contributed by atoms with E-state index in [2.05, 4.69) is 11.2 Å². The minimum absolute atomic E-state index is 0.0357. The van der Waals surface area contributed by atoms with E-state index in [0.717, 1.165) is 0 Å². The zero-order valence-corrected chi connectivity index (χ0v) is 7.68. The Hall–Kier alpha value is -1.01. The van der Waals surface area contributed by atoms with Gasteiger partial charge >= 0.3 is 0 Å². The monoisotopic (exact) mass is 168 g/mol. The average molecular weight is 168 g/mol. The van der Waals surface area contributed by atoms with E-state index >= 15 is 0 Å². The maximum Gasteiger partial charge on any atom is 0.221 e. The van der Waals surface area contributed by atoms with Gasteiger partial charge in [-0.3, -0.25) is 4.79 Å². The van der Waals surface area contributed by atoms with Crippen LogP contribution in [-0.2, 0) is 4.79 Å². The summed E-state index contributed by atoms with van der Waals surface area (Å²) in [5, 5.41) is 2.70. The molecule has 0 aromatic rings. The molecule has 0 bridgehead atoms. The molecule has 0 rings (SSSR count). The third-order valence-electron chi connectivity index (χ3n) is 1.24. The number of nitrogens with two attached hydrogens (primary N) is 1. The molecule has 0 saturated heterocycles. The predicted octanol–water partition coefficient (Wildman–Crippen LogP) is 0.253. The van der Waals surface area contributed by atoms with Crippen molar-refractivity contribution in [3.63, 3.8) is 0 Å². The van der Waals surface area contributed by atoms with Crippen molar-refractivity contribution >= 4 is 5.91 Å². The zero-order valence-electron chi connectivity index (χ0n) is 7.68. The minimum atomic E-state index is -0.355. The van der Waals surface area contributed by atoms with E-state index in [1.165, 1.54) is 0 Å². The molecule has 0 heterocycles. The van der Waals surface area contributed by atoms with Crippen LogP contribution in [0.2, 0.25) is 0 Å². The summed E-state index contributed by atoms with van der Waals surface area (Å²) in [4.78, 5) is 11.0. The van der Waals surface area contributed by atoms with Crippen LogP contribution in [0.25, 0.3) is 0 Å². The number of amides is 1. The number of carbonyl (C=O) groups is 1. The van der Waals surface area contributed by atoms with Crippen LogP contribution in [0.3, 0.4) is 0 Å². The second kappa shape index (κ2) is 4.78. The lowest BCUT2D eigenvalue weighted by molar-refractivity contribution is -0.121. The maximum atomic E-state index is 11.0. The van der Waals surface area contributed by atoms with E-state index < -0.39 is 0 Å². The van der Waals surface area contributed by atoms with Gasteiger partial charge in [0.1, 0.15) is 0 Å². The van der Waals surface area contributed by atoms with E-state index in [0.29, 0.717) is 19.4 Å². The normalized spacial score (nSPS) is 10.5. The molecule has 0 aromatic heterocycles. The van der Waals surface area contributed by atoms with E-state index in [4.69, 9.17) is 12.2 Å². The number of carbonyl (C=O) groups excluding carboxylic acids is 1. The molecule has 3 N–H and O–H groups in total. The van der Waals surface area contributed by atoms with Crippen molar-refractivity contribution < 1.29 is 4.79 Å². The molecule has 0 aliphatic heterocycles. The van der Waals surface area contributed by atoms with Gasteiger partial charge in [0.2, 0.25) is 5.91 Å². The summed E-state index contributed by atoms with van der Waals surface area (Å²) >= 11 is 0. The highest BCUT2D eigenvalue weighted by Crippen LogP contribution is 1.93. The summed E-state index contributed by atoms with van der Waals surface area (Å²) < 4.78 is 0. The van der Waals surface area contributed by atoms with Crippen LogP contribution < -0.4 is 11.1 Å². The average Bonchev–Trinajstić information content (AvgIpc) is 1.95. The molecule has 0 aliphatic rings. The highest BCUT2D eigenvalue weighted by Gasteiger charge is 2.11. The van der Waals surface area contributed by atoms with Crippen molar-refractivity contribution in [3.05, 3.63) is 0 Å². The number of hydrogen-bond donors (Lipinski definition) is 2. The van der Waals surface area contributed by atoms with Gasteiger partial charge in [-0.05, 0) is 13.8 Å². The topological polar surface area (TPSA) is 55.1 Å². The summed E-state index contributed by atoms with van der Waals surface area (Å²) in [5.74, 6) is 2.37. The SMILES string of the molecule is C#CCCC(=O)NCC(C)(C)N. The fraction of sp³-hybridized carbons (Fsp3) is 0.667. The first-order chi connectivity index (χ1) is 5.45. The Morgan fingerprint density at radius 2 is 2.25 bits per heavy atom. The molecule has 0 unspecified atom stereocenters. The lowest BCUT2D eigenvalue weighted by Gasteiger charge is -2.18. The molecule has 3 heteroatoms. The van der Waals surface area contributed by atoms with Gasteiger partial charge in [-0.25, -0.2) is 0 Å². The van der Waals surface area contributed by atoms with Crippen LogP contribution in [0.5, 0.6) is 0 Å². The van der Waals surface area contributed by atoms with Crippen LogP contribution in [0.4, 0.5) is 0 Å². The minimum Gasteiger partial charge on any atom is -0.354 e. The summed E-state index contributed by atoms with van der Waals surface area (Å²) in [7, 11) is 0. The molecular formula is C9H16N2O. The largest absolute Gasteiger partial charge is 0.354 e. The van der Waals surface area contributed by atoms with Gasteiger partial charge in [0.25, 0.3) is 0 Å². The molecule has 0 aliphatic carbocycles. The van der Waals surface area contributed by atoms with Crippen LogP contribution in [0.1, 0.15) is 26.7 Å². The first kappa shape index (κ1) is 11.0. The summed E-state index contributed by atoms with van der Waals surface area (Å²) in [6.45, 7) is 4.19. The quantitative estimate of drug-likeness (QED) is 0.591. The van der Waals surface area contributed by atoms with Crippen LogP contribution in [-0.4, -0.2) is 18.0 Å². The van der Waals surface area contributed by atoms with Crippen molar-refractivity contribution in [2.75, 3.05) is 6.54 Å². The molecule has 3 nitrogen and oxygen atoms in total. The summed E-state index contributed by atoms with van der Waals surface area (Å²) in [5.41, 5.74) is 5.30. The number of rotatable bonds is 4. The third-order valence-corrected chi connectivity index (χ3v) is 1.24. The molecular weight excluding hydrogens is 152 g/mol. The first-order valence-electron chi connectivity index (χ1n) is 3.95. The highest BCUT2D eigenvalue weighted by atomic mass is 16.1. The van der Waals surface area contributed by atoms with Gasteiger partial charge in [-0.2, -0.15) is 0 Å². The van der Waals surface area contributed by atoms with Gasteiger partial charge in [-0.15, -0.1) is 12.3 Å². The first-order valence-corrected chi connectivity index (χ1v) is 3.95. The van der Waals surface area contributed by atoms with Crippen LogP contribution >= 0.6 is 0 Å². The van der Waals surface area contributed by atoms with Crippen molar-refractivity contribution in [1.29, 1.82) is 0 Å². The lowest BCUT2D eigenvalue weighted by atomic mass is 10.1. The van der Waals surface area contributed by atoms with E-state index in [-0.39, 0.29) is 11.4 Å². The Bertz CT molecular complexity index is 186. The lowest BCUT2D eigenvalue weighted by Crippen LogP contribution is -2.45. The fourth-order valence-electron chi connectivity index (χ4n) is 0.600. The molecule has 0 atom stereocenters. The van der Waals surface area contributed by atoms with Crippen molar-refractivity contribution in [3.8, 4) is 12.3 Å². The zero-order chi connectivity index (χ0) is 9.61. The molecule has 0 aromatic carbocycles. The Morgan fingerprint density at radius 3 is 2.67 bits per heavy atom. The number of hydrogen-bond acceptors (Lipinski definition) is 2. The Morgan fingerprint density at radius 1 is 1.67 bits per heavy atom. The second-order valence-corrected chi connectivity index (χ2v) is 3.47. The Balaban J connectivity index is 3.53. The fourth-order valence-corrected chi connectivity index (χ4v) is 0.600. The van der Waals surface area contributed by atoms with E-state index in [1.807, 2.05) is 13.8 Å². The van der Waals surface area contributed by atoms with Crippen LogP contribution in [0.15, 0.2) is 0 Å². The van der Waals surface area contributed by atoms with Gasteiger partial charge < -0.3 is 11.1 Å². The highest BCUT2D eigenvalue weighted by molar-refractivity contribution is 5.76. The predicted molar refractivity (Wildman–Crippen MR) is 49.3 cm³/mol. The molecule has 0 spiro atoms. The summed E-state index contributed by atoms with van der Waals surface area (Å²) in [6.07, 6.45) is 5.87. The van der Waals surface area contributed by atoms with Crippen LogP contribution in [0, 0.1) is 12.3 Å². The second-order valence-electron chi connectivity index (χ2n) is 3.47. The molecule has 1 amide bonds. The smallest absolute Gasteiger partial charge is 0.221 e. The van der Waals surface area contributed by atoms with Gasteiger partial charge in [-0.1, -0.05) is 0 Å². The third kappa shape index (κ3) is 7.10. The van der Waals surface area contributed by atoms with Crippen molar-refractivity contribution in [2.45, 2.75) is 32.2 Å². The summed E-state index contributed by atoms with van der Waals surface area (Å²) in [6, 6.07) is 0. The van der Waals surface area contributed by atoms with Gasteiger partial charge in [0, 0.05) is 24.9 Å². The van der Waals surface area contributed by atoms with E-state index in [1.54, 1.807) is 0 Å². The number of nitrogens with one attached hydrogen (secondary N) is 1. The standard InChI is InChI=1S/C9H16N2O/c1-4-5-6-8(12)11-7-9(2,3)10/h1H,5-7,10H2,2-3H3,(H,11,12). The Kier molecular flexibility index (Phi) is 4.38. The number of terminal acetylenes is 1. The van der Waals surface area contributed by atoms with E-state index in [9.17, 15) is 4.79 Å².